The first-order valence-corrected chi connectivity index (χ1v) is 13.7. The normalized spacial score (nSPS) is 24.8. The van der Waals surface area contributed by atoms with Crippen molar-refractivity contribution in [2.24, 2.45) is 11.8 Å². The Hall–Kier alpha value is -3.04. The van der Waals surface area contributed by atoms with E-state index in [0.717, 1.165) is 17.8 Å². The lowest BCUT2D eigenvalue weighted by Gasteiger charge is -2.27. The van der Waals surface area contributed by atoms with Crippen LogP contribution in [0.1, 0.15) is 48.1 Å². The second kappa shape index (κ2) is 9.61. The van der Waals surface area contributed by atoms with Gasteiger partial charge in [-0.1, -0.05) is 6.07 Å². The second-order valence-electron chi connectivity index (χ2n) is 10.6. The number of aromatic nitrogens is 4. The number of nitrogens with one attached hydrogen (secondary N) is 1. The SMILES string of the molecule is CC(=O)c1nn(CC(=O)N2[C@@H]3C[C@@H]3C[C@H]2C(=O)NC[C@H]2CC2(Cl)Cl)c2ccc(CCc3ncccn3)cc12. The Morgan fingerprint density at radius 1 is 1.13 bits per heavy atom. The van der Waals surface area contributed by atoms with Crippen molar-refractivity contribution < 1.29 is 14.4 Å². The maximum absolute atomic E-state index is 13.5. The van der Waals surface area contributed by atoms with E-state index < -0.39 is 10.4 Å². The number of halogens is 2. The van der Waals surface area contributed by atoms with E-state index in [1.54, 1.807) is 28.0 Å². The Morgan fingerprint density at radius 3 is 2.61 bits per heavy atom. The number of piperidine rings is 1. The van der Waals surface area contributed by atoms with E-state index in [-0.39, 0.29) is 36.1 Å². The largest absolute Gasteiger partial charge is 0.354 e. The molecule has 1 aromatic carbocycles. The van der Waals surface area contributed by atoms with E-state index in [2.05, 4.69) is 20.4 Å². The van der Waals surface area contributed by atoms with Crippen molar-refractivity contribution in [3.8, 4) is 0 Å². The van der Waals surface area contributed by atoms with Gasteiger partial charge in [0.2, 0.25) is 11.8 Å². The number of carbonyl (C=O) groups excluding carboxylic acids is 3. The van der Waals surface area contributed by atoms with Crippen molar-refractivity contribution >= 4 is 51.7 Å². The summed E-state index contributed by atoms with van der Waals surface area (Å²) >= 11 is 12.2. The molecule has 2 aromatic heterocycles. The summed E-state index contributed by atoms with van der Waals surface area (Å²) in [5.41, 5.74) is 2.08. The van der Waals surface area contributed by atoms with Crippen LogP contribution in [0, 0.1) is 11.8 Å². The molecule has 0 radical (unpaired) electrons. The van der Waals surface area contributed by atoms with Crippen LogP contribution >= 0.6 is 23.2 Å². The van der Waals surface area contributed by atoms with Gasteiger partial charge >= 0.3 is 0 Å². The topological polar surface area (TPSA) is 110 Å². The van der Waals surface area contributed by atoms with Gasteiger partial charge in [-0.2, -0.15) is 5.10 Å². The van der Waals surface area contributed by atoms with E-state index in [4.69, 9.17) is 23.2 Å². The highest BCUT2D eigenvalue weighted by Crippen LogP contribution is 2.53. The Kier molecular flexibility index (Phi) is 6.39. The van der Waals surface area contributed by atoms with Crippen molar-refractivity contribution in [3.63, 3.8) is 0 Å². The fourth-order valence-corrected chi connectivity index (χ4v) is 6.10. The highest BCUT2D eigenvalue weighted by Gasteiger charge is 2.56. The third kappa shape index (κ3) is 4.89. The monoisotopic (exact) mass is 554 g/mol. The number of aryl methyl sites for hydroxylation is 2. The van der Waals surface area contributed by atoms with E-state index >= 15 is 0 Å². The molecule has 11 heteroatoms. The molecule has 0 bridgehead atoms. The first-order chi connectivity index (χ1) is 18.2. The van der Waals surface area contributed by atoms with Crippen LogP contribution < -0.4 is 5.32 Å². The lowest BCUT2D eigenvalue weighted by atomic mass is 10.0. The molecule has 2 aliphatic carbocycles. The van der Waals surface area contributed by atoms with E-state index in [1.807, 2.05) is 18.2 Å². The standard InChI is InChI=1S/C27H28Cl2N6O3/c1-15(36)25-19-9-16(4-6-23-30-7-2-8-31-23)3-5-20(19)34(33-25)14-24(37)35-21-10-17(21)11-22(35)26(38)32-13-18-12-27(18,28)29/h2-3,5,7-9,17-18,21-22H,4,6,10-14H2,1H3,(H,32,38)/t17-,18-,21-,22+/m1/s1. The summed E-state index contributed by atoms with van der Waals surface area (Å²) in [7, 11) is 0. The highest BCUT2D eigenvalue weighted by atomic mass is 35.5. The number of hydrogen-bond donors (Lipinski definition) is 1. The quantitative estimate of drug-likeness (QED) is 0.321. The van der Waals surface area contributed by atoms with Gasteiger partial charge in [0, 0.05) is 49.6 Å². The summed E-state index contributed by atoms with van der Waals surface area (Å²) in [5, 5.41) is 8.16. The molecule has 2 amide bonds. The number of alkyl halides is 2. The van der Waals surface area contributed by atoms with E-state index in [9.17, 15) is 14.4 Å². The van der Waals surface area contributed by atoms with E-state index in [1.165, 1.54) is 6.92 Å². The Bertz CT molecular complexity index is 1420. The molecular formula is C27H28Cl2N6O3. The molecule has 2 saturated carbocycles. The highest BCUT2D eigenvalue weighted by molar-refractivity contribution is 6.50. The van der Waals surface area contributed by atoms with Crippen LogP contribution in [0.5, 0.6) is 0 Å². The van der Waals surface area contributed by atoms with Crippen LogP contribution in [0.4, 0.5) is 0 Å². The number of ketones is 1. The van der Waals surface area contributed by atoms with Gasteiger partial charge < -0.3 is 10.2 Å². The number of Topliss-reactive ketones (excluding diaryl/α,β-unsaturated/α-hetero) is 1. The van der Waals surface area contributed by atoms with Crippen molar-refractivity contribution in [1.29, 1.82) is 0 Å². The minimum atomic E-state index is -0.759. The zero-order chi connectivity index (χ0) is 26.6. The van der Waals surface area contributed by atoms with Gasteiger partial charge in [-0.25, -0.2) is 9.97 Å². The first-order valence-electron chi connectivity index (χ1n) is 12.9. The predicted molar refractivity (Wildman–Crippen MR) is 142 cm³/mol. The molecule has 0 unspecified atom stereocenters. The van der Waals surface area contributed by atoms with Crippen molar-refractivity contribution in [1.82, 2.24) is 30.0 Å². The first kappa shape index (κ1) is 25.2. The third-order valence-electron chi connectivity index (χ3n) is 7.86. The molecule has 3 fully saturated rings. The van der Waals surface area contributed by atoms with Gasteiger partial charge in [-0.05, 0) is 55.4 Å². The number of rotatable bonds is 9. The fraction of sp³-hybridized carbons (Fsp3) is 0.481. The van der Waals surface area contributed by atoms with Crippen LogP contribution in [-0.4, -0.2) is 65.2 Å². The van der Waals surface area contributed by atoms with Gasteiger partial charge in [0.15, 0.2) is 5.78 Å². The number of benzene rings is 1. The van der Waals surface area contributed by atoms with Gasteiger partial charge in [0.05, 0.1) is 5.52 Å². The summed E-state index contributed by atoms with van der Waals surface area (Å²) in [6, 6.07) is 7.19. The summed E-state index contributed by atoms with van der Waals surface area (Å²) < 4.78 is 0.827. The molecular weight excluding hydrogens is 527 g/mol. The molecule has 1 aliphatic heterocycles. The average Bonchev–Trinajstić information content (AvgIpc) is 3.69. The van der Waals surface area contributed by atoms with Crippen LogP contribution in [0.3, 0.4) is 0 Å². The molecule has 1 N–H and O–H groups in total. The van der Waals surface area contributed by atoms with E-state index in [0.29, 0.717) is 54.7 Å². The van der Waals surface area contributed by atoms with Crippen molar-refractivity contribution in [3.05, 3.63) is 53.7 Å². The minimum absolute atomic E-state index is 0.0386. The molecule has 4 atom stereocenters. The number of amides is 2. The summed E-state index contributed by atoms with van der Waals surface area (Å²) in [5.74, 6) is 0.651. The lowest BCUT2D eigenvalue weighted by Crippen LogP contribution is -2.49. The maximum atomic E-state index is 13.5. The molecule has 6 rings (SSSR count). The van der Waals surface area contributed by atoms with Gasteiger partial charge in [0.25, 0.3) is 0 Å². The molecule has 9 nitrogen and oxygen atoms in total. The second-order valence-corrected chi connectivity index (χ2v) is 12.1. The molecule has 38 heavy (non-hydrogen) atoms. The van der Waals surface area contributed by atoms with Gasteiger partial charge in [-0.15, -0.1) is 23.2 Å². The number of nitrogens with zero attached hydrogens (tertiary/aromatic N) is 5. The van der Waals surface area contributed by atoms with Crippen molar-refractivity contribution in [2.45, 2.75) is 62.0 Å². The smallest absolute Gasteiger partial charge is 0.245 e. The van der Waals surface area contributed by atoms with Crippen LogP contribution in [0.25, 0.3) is 10.9 Å². The Balaban J connectivity index is 1.18. The van der Waals surface area contributed by atoms with Crippen LogP contribution in [0.2, 0.25) is 0 Å². The predicted octanol–water partition coefficient (Wildman–Crippen LogP) is 3.11. The lowest BCUT2D eigenvalue weighted by molar-refractivity contribution is -0.140. The Morgan fingerprint density at radius 2 is 1.89 bits per heavy atom. The number of hydrogen-bond acceptors (Lipinski definition) is 6. The number of carbonyl (C=O) groups is 3. The minimum Gasteiger partial charge on any atom is -0.354 e. The van der Waals surface area contributed by atoms with Crippen LogP contribution in [-0.2, 0) is 29.0 Å². The Labute approximate surface area is 229 Å². The zero-order valence-electron chi connectivity index (χ0n) is 20.9. The van der Waals surface area contributed by atoms with Gasteiger partial charge in [0.1, 0.15) is 28.4 Å². The molecule has 3 aromatic rings. The summed E-state index contributed by atoms with van der Waals surface area (Å²) in [4.78, 5) is 49.2. The number of fused-ring (bicyclic) bond motifs is 2. The van der Waals surface area contributed by atoms with Gasteiger partial charge in [-0.3, -0.25) is 19.1 Å². The molecule has 198 valence electrons. The molecule has 3 aliphatic rings. The van der Waals surface area contributed by atoms with Crippen molar-refractivity contribution in [2.75, 3.05) is 6.54 Å². The summed E-state index contributed by atoms with van der Waals surface area (Å²) in [6.45, 7) is 1.84. The average molecular weight is 555 g/mol. The fourth-order valence-electron chi connectivity index (χ4n) is 5.57. The molecule has 0 spiro atoms. The number of likely N-dealkylation sites (tertiary alicyclic amines) is 1. The zero-order valence-corrected chi connectivity index (χ0v) is 22.5. The third-order valence-corrected chi connectivity index (χ3v) is 8.79. The van der Waals surface area contributed by atoms with Crippen LogP contribution in [0.15, 0.2) is 36.7 Å². The maximum Gasteiger partial charge on any atom is 0.245 e. The molecule has 1 saturated heterocycles. The molecule has 3 heterocycles. The summed E-state index contributed by atoms with van der Waals surface area (Å²) in [6.07, 6.45) is 7.05.